The normalized spacial score (nSPS) is 11.0. The number of hydrogen-bond acceptors (Lipinski definition) is 6. The first-order valence-electron chi connectivity index (χ1n) is 11.2. The number of carbonyl (C=O) groups excluding carboxylic acids is 1. The number of benzene rings is 2. The van der Waals surface area contributed by atoms with Crippen molar-refractivity contribution < 1.29 is 14.3 Å². The van der Waals surface area contributed by atoms with Crippen LogP contribution >= 0.6 is 0 Å². The number of rotatable bonds is 11. The second kappa shape index (κ2) is 11.7. The van der Waals surface area contributed by atoms with Crippen molar-refractivity contribution in [3.05, 3.63) is 54.9 Å². The Morgan fingerprint density at radius 2 is 1.91 bits per heavy atom. The third kappa shape index (κ3) is 5.91. The number of amides is 1. The molecule has 0 saturated heterocycles. The molecular formula is C25H33N5O3. The Morgan fingerprint density at radius 3 is 2.61 bits per heavy atom. The maximum atomic E-state index is 11.6. The summed E-state index contributed by atoms with van der Waals surface area (Å²) in [5.74, 6) is 0.820. The summed E-state index contributed by atoms with van der Waals surface area (Å²) < 4.78 is 13.1. The third-order valence-corrected chi connectivity index (χ3v) is 5.17. The number of carbonyl (C=O) groups is 1. The van der Waals surface area contributed by atoms with Crippen molar-refractivity contribution in [2.75, 3.05) is 37.9 Å². The van der Waals surface area contributed by atoms with E-state index < -0.39 is 6.09 Å². The largest absolute Gasteiger partial charge is 0.493 e. The average molecular weight is 452 g/mol. The first-order valence-corrected chi connectivity index (χ1v) is 11.2. The molecule has 0 aliphatic carbocycles. The van der Waals surface area contributed by atoms with Crippen molar-refractivity contribution in [3.8, 4) is 17.0 Å². The molecule has 8 nitrogen and oxygen atoms in total. The molecule has 0 radical (unpaired) electrons. The Morgan fingerprint density at radius 1 is 1.12 bits per heavy atom. The van der Waals surface area contributed by atoms with Gasteiger partial charge in [-0.2, -0.15) is 0 Å². The number of anilines is 2. The first kappa shape index (κ1) is 23.8. The maximum absolute atomic E-state index is 11.6. The van der Waals surface area contributed by atoms with Gasteiger partial charge >= 0.3 is 6.09 Å². The summed E-state index contributed by atoms with van der Waals surface area (Å²) in [7, 11) is 1.86. The summed E-state index contributed by atoms with van der Waals surface area (Å²) in [6.07, 6.45) is 4.15. The van der Waals surface area contributed by atoms with Crippen LogP contribution in [0.2, 0.25) is 0 Å². The molecule has 0 aliphatic rings. The van der Waals surface area contributed by atoms with E-state index in [1.165, 1.54) is 0 Å². The summed E-state index contributed by atoms with van der Waals surface area (Å²) in [5, 5.41) is 9.84. The van der Waals surface area contributed by atoms with Crippen molar-refractivity contribution in [2.24, 2.45) is 0 Å². The number of hydrogen-bond donors (Lipinski definition) is 4. The Hall–Kier alpha value is -3.81. The number of fused-ring (bicyclic) bond motifs is 1. The molecule has 8 heteroatoms. The van der Waals surface area contributed by atoms with Crippen molar-refractivity contribution in [3.63, 3.8) is 0 Å². The highest BCUT2D eigenvalue weighted by molar-refractivity contribution is 6.01. The van der Waals surface area contributed by atoms with E-state index in [4.69, 9.17) is 15.2 Å². The van der Waals surface area contributed by atoms with Gasteiger partial charge in [0.1, 0.15) is 5.75 Å². The molecule has 1 amide bonds. The van der Waals surface area contributed by atoms with Crippen LogP contribution in [0.15, 0.2) is 54.9 Å². The molecule has 0 spiro atoms. The molecule has 3 rings (SSSR count). The number of aromatic nitrogens is 1. The Kier molecular flexibility index (Phi) is 8.46. The van der Waals surface area contributed by atoms with Gasteiger partial charge in [0.15, 0.2) is 0 Å². The average Bonchev–Trinajstić information content (AvgIpc) is 3.10. The summed E-state index contributed by atoms with van der Waals surface area (Å²) in [6, 6.07) is 13.6. The minimum Gasteiger partial charge on any atom is -0.493 e. The highest BCUT2D eigenvalue weighted by Gasteiger charge is 2.17. The Labute approximate surface area is 194 Å². The second-order valence-corrected chi connectivity index (χ2v) is 7.39. The van der Waals surface area contributed by atoms with Crippen molar-refractivity contribution in [1.29, 1.82) is 0 Å². The number of aryl methyl sites for hydroxylation is 1. The van der Waals surface area contributed by atoms with E-state index in [2.05, 4.69) is 27.4 Å². The van der Waals surface area contributed by atoms with E-state index in [1.54, 1.807) is 6.92 Å². The molecule has 0 saturated carbocycles. The van der Waals surface area contributed by atoms with Crippen LogP contribution in [0.3, 0.4) is 0 Å². The van der Waals surface area contributed by atoms with E-state index in [1.807, 2.05) is 61.9 Å². The first-order chi connectivity index (χ1) is 16.1. The minimum absolute atomic E-state index is 0.327. The molecule has 0 fully saturated rings. The molecule has 1 heterocycles. The summed E-state index contributed by atoms with van der Waals surface area (Å²) in [5.41, 5.74) is 10.9. The quantitative estimate of drug-likeness (QED) is 0.320. The standard InChI is InChI=1S/C25H33N5O3/c1-4-30-22-17-20(33-16-6-13-28-15-14-27-3)11-12-21(22)23(26)24(30)18-7-9-19(10-8-18)29-25(31)32-5-2/h7-12,14-15,17,27-28H,4-6,13,16,26H2,1-3H3,(H,29,31)/b15-14-. The monoisotopic (exact) mass is 451 g/mol. The summed E-state index contributed by atoms with van der Waals surface area (Å²) in [4.78, 5) is 11.6. The van der Waals surface area contributed by atoms with Gasteiger partial charge in [-0.25, -0.2) is 4.79 Å². The van der Waals surface area contributed by atoms with Gasteiger partial charge in [0.25, 0.3) is 0 Å². The van der Waals surface area contributed by atoms with Crippen LogP contribution in [0.25, 0.3) is 22.2 Å². The Balaban J connectivity index is 1.77. The van der Waals surface area contributed by atoms with E-state index in [-0.39, 0.29) is 0 Å². The highest BCUT2D eigenvalue weighted by Crippen LogP contribution is 2.38. The summed E-state index contributed by atoms with van der Waals surface area (Å²) in [6.45, 7) is 6.41. The number of nitrogen functional groups attached to an aromatic ring is 1. The molecule has 33 heavy (non-hydrogen) atoms. The van der Waals surface area contributed by atoms with E-state index >= 15 is 0 Å². The fourth-order valence-electron chi connectivity index (χ4n) is 3.67. The molecule has 0 bridgehead atoms. The van der Waals surface area contributed by atoms with E-state index in [0.29, 0.717) is 18.9 Å². The fraction of sp³-hybridized carbons (Fsp3) is 0.320. The zero-order valence-electron chi connectivity index (χ0n) is 19.5. The smallest absolute Gasteiger partial charge is 0.411 e. The minimum atomic E-state index is -0.467. The van der Waals surface area contributed by atoms with Gasteiger partial charge in [0.2, 0.25) is 0 Å². The molecule has 3 aromatic rings. The topological polar surface area (TPSA) is 103 Å². The Bertz CT molecular complexity index is 1090. The lowest BCUT2D eigenvalue weighted by Crippen LogP contribution is -2.13. The van der Waals surface area contributed by atoms with Crippen LogP contribution in [-0.4, -0.2) is 37.5 Å². The zero-order valence-corrected chi connectivity index (χ0v) is 19.5. The van der Waals surface area contributed by atoms with E-state index in [0.717, 1.165) is 53.1 Å². The van der Waals surface area contributed by atoms with Gasteiger partial charge in [-0.3, -0.25) is 5.32 Å². The van der Waals surface area contributed by atoms with Crippen molar-refractivity contribution >= 4 is 28.4 Å². The van der Waals surface area contributed by atoms with Crippen molar-refractivity contribution in [2.45, 2.75) is 26.8 Å². The van der Waals surface area contributed by atoms with Crippen LogP contribution in [0.1, 0.15) is 20.3 Å². The van der Waals surface area contributed by atoms with Gasteiger partial charge in [0.05, 0.1) is 30.1 Å². The molecule has 1 aromatic heterocycles. The second-order valence-electron chi connectivity index (χ2n) is 7.39. The van der Waals surface area contributed by atoms with Gasteiger partial charge in [0, 0.05) is 55.2 Å². The number of nitrogens with one attached hydrogen (secondary N) is 3. The molecule has 176 valence electrons. The lowest BCUT2D eigenvalue weighted by atomic mass is 10.1. The summed E-state index contributed by atoms with van der Waals surface area (Å²) >= 11 is 0. The van der Waals surface area contributed by atoms with Crippen molar-refractivity contribution in [1.82, 2.24) is 15.2 Å². The lowest BCUT2D eigenvalue weighted by Gasteiger charge is -2.11. The molecule has 0 atom stereocenters. The number of nitrogens with zero attached hydrogens (tertiary/aromatic N) is 1. The van der Waals surface area contributed by atoms with Gasteiger partial charge in [-0.1, -0.05) is 12.1 Å². The van der Waals surface area contributed by atoms with Gasteiger partial charge in [-0.15, -0.1) is 0 Å². The fourth-order valence-corrected chi connectivity index (χ4v) is 3.67. The van der Waals surface area contributed by atoms with Crippen LogP contribution in [0, 0.1) is 0 Å². The molecular weight excluding hydrogens is 418 g/mol. The van der Waals surface area contributed by atoms with Gasteiger partial charge in [-0.05, 0) is 44.5 Å². The number of ether oxygens (including phenoxy) is 2. The van der Waals surface area contributed by atoms with Crippen LogP contribution in [0.4, 0.5) is 16.2 Å². The molecule has 0 unspecified atom stereocenters. The predicted octanol–water partition coefficient (Wildman–Crippen LogP) is 4.53. The number of nitrogens with two attached hydrogens (primary N) is 1. The molecule has 5 N–H and O–H groups in total. The zero-order chi connectivity index (χ0) is 23.6. The predicted molar refractivity (Wildman–Crippen MR) is 134 cm³/mol. The maximum Gasteiger partial charge on any atom is 0.411 e. The van der Waals surface area contributed by atoms with Crippen LogP contribution in [0.5, 0.6) is 5.75 Å². The SMILES string of the molecule is CCOC(=O)Nc1ccc(-c2c(N)c3ccc(OCCCN/C=C\NC)cc3n2CC)cc1. The van der Waals surface area contributed by atoms with Gasteiger partial charge < -0.3 is 30.4 Å². The molecule has 0 aliphatic heterocycles. The van der Waals surface area contributed by atoms with Crippen LogP contribution in [-0.2, 0) is 11.3 Å². The molecule has 2 aromatic carbocycles. The highest BCUT2D eigenvalue weighted by atomic mass is 16.5. The van der Waals surface area contributed by atoms with Crippen LogP contribution < -0.4 is 26.4 Å². The third-order valence-electron chi connectivity index (χ3n) is 5.17. The lowest BCUT2D eigenvalue weighted by molar-refractivity contribution is 0.168. The van der Waals surface area contributed by atoms with E-state index in [9.17, 15) is 4.79 Å².